The molecule has 0 bridgehead atoms. The zero-order valence-electron chi connectivity index (χ0n) is 13.0. The summed E-state index contributed by atoms with van der Waals surface area (Å²) in [6, 6.07) is 9.81. The summed E-state index contributed by atoms with van der Waals surface area (Å²) >= 11 is 0. The van der Waals surface area contributed by atoms with Gasteiger partial charge in [-0.2, -0.15) is 0 Å². The summed E-state index contributed by atoms with van der Waals surface area (Å²) in [7, 11) is 0. The van der Waals surface area contributed by atoms with E-state index in [0.29, 0.717) is 0 Å². The Kier molecular flexibility index (Phi) is 3.55. The van der Waals surface area contributed by atoms with Gasteiger partial charge in [-0.15, -0.1) is 0 Å². The van der Waals surface area contributed by atoms with Crippen molar-refractivity contribution in [2.45, 2.75) is 39.2 Å². The number of benzene rings is 1. The topological polar surface area (TPSA) is 57.6 Å². The second-order valence-electron chi connectivity index (χ2n) is 6.49. The number of hydrogen-bond acceptors (Lipinski definition) is 2. The van der Waals surface area contributed by atoms with Crippen molar-refractivity contribution in [2.24, 2.45) is 11.3 Å². The molecule has 2 aliphatic rings. The number of aliphatic carboxylic acids is 1. The van der Waals surface area contributed by atoms with E-state index in [2.05, 4.69) is 0 Å². The molecule has 0 unspecified atom stereocenters. The summed E-state index contributed by atoms with van der Waals surface area (Å²) in [4.78, 5) is 26.0. The Labute approximate surface area is 130 Å². The van der Waals surface area contributed by atoms with Crippen LogP contribution in [0.5, 0.6) is 0 Å². The quantitative estimate of drug-likeness (QED) is 0.931. The first kappa shape index (κ1) is 14.8. The van der Waals surface area contributed by atoms with Crippen molar-refractivity contribution in [2.75, 3.05) is 0 Å². The molecule has 1 fully saturated rings. The third-order valence-electron chi connectivity index (χ3n) is 5.23. The minimum atomic E-state index is -0.865. The van der Waals surface area contributed by atoms with Gasteiger partial charge in [-0.05, 0) is 25.3 Å². The number of rotatable bonds is 3. The lowest BCUT2D eigenvalue weighted by Crippen LogP contribution is -2.50. The number of allylic oxidation sites excluding steroid dienone is 2. The third-order valence-corrected chi connectivity index (χ3v) is 5.23. The van der Waals surface area contributed by atoms with Crippen LogP contribution in [-0.2, 0) is 9.59 Å². The van der Waals surface area contributed by atoms with Gasteiger partial charge in [-0.1, -0.05) is 43.3 Å². The number of carboxylic acids is 1. The van der Waals surface area contributed by atoms with E-state index in [9.17, 15) is 14.7 Å². The van der Waals surface area contributed by atoms with E-state index in [1.54, 1.807) is 0 Å². The summed E-state index contributed by atoms with van der Waals surface area (Å²) in [5.41, 5.74) is 1.52. The van der Waals surface area contributed by atoms with Crippen LogP contribution in [0.25, 0.3) is 0 Å². The molecule has 4 heteroatoms. The Hall–Kier alpha value is -2.10. The highest BCUT2D eigenvalue weighted by Gasteiger charge is 2.52. The molecule has 22 heavy (non-hydrogen) atoms. The third kappa shape index (κ3) is 2.14. The molecule has 1 amide bonds. The van der Waals surface area contributed by atoms with Crippen LogP contribution in [0.15, 0.2) is 42.1 Å². The molecule has 1 aromatic rings. The Morgan fingerprint density at radius 1 is 1.36 bits per heavy atom. The Morgan fingerprint density at radius 2 is 2.05 bits per heavy atom. The molecular formula is C18H21NO3. The molecule has 116 valence electrons. The normalized spacial score (nSPS) is 29.0. The van der Waals surface area contributed by atoms with Gasteiger partial charge in [0.05, 0.1) is 12.0 Å². The summed E-state index contributed by atoms with van der Waals surface area (Å²) in [5, 5.41) is 9.51. The van der Waals surface area contributed by atoms with Crippen LogP contribution in [0.1, 0.15) is 44.7 Å². The fourth-order valence-corrected chi connectivity index (χ4v) is 3.89. The standard InChI is InChI=1S/C18H21NO3/c1-12(13-7-4-3-5-8-13)19-15-9-6-10-18(15,2)14(17(21)22)11-16(19)20/h3-5,7-9,12,14H,6,10-11H2,1-2H3,(H,21,22)/t12-,14-,18+/m0/s1. The van der Waals surface area contributed by atoms with Gasteiger partial charge in [0.1, 0.15) is 0 Å². The van der Waals surface area contributed by atoms with Crippen molar-refractivity contribution in [1.29, 1.82) is 0 Å². The van der Waals surface area contributed by atoms with Gasteiger partial charge in [0.25, 0.3) is 0 Å². The molecule has 1 aromatic carbocycles. The fourth-order valence-electron chi connectivity index (χ4n) is 3.89. The molecule has 1 aliphatic carbocycles. The number of piperidine rings is 1. The van der Waals surface area contributed by atoms with Gasteiger partial charge in [0.15, 0.2) is 0 Å². The molecule has 4 nitrogen and oxygen atoms in total. The highest BCUT2D eigenvalue weighted by molar-refractivity contribution is 5.87. The van der Waals surface area contributed by atoms with Crippen LogP contribution < -0.4 is 0 Å². The van der Waals surface area contributed by atoms with Crippen molar-refractivity contribution < 1.29 is 14.7 Å². The first-order chi connectivity index (χ1) is 10.4. The lowest BCUT2D eigenvalue weighted by atomic mass is 9.69. The zero-order valence-corrected chi connectivity index (χ0v) is 13.0. The summed E-state index contributed by atoms with van der Waals surface area (Å²) in [6.45, 7) is 4.00. The molecular weight excluding hydrogens is 278 g/mol. The molecule has 1 saturated heterocycles. The van der Waals surface area contributed by atoms with Gasteiger partial charge in [0, 0.05) is 17.5 Å². The largest absolute Gasteiger partial charge is 0.481 e. The lowest BCUT2D eigenvalue weighted by molar-refractivity contribution is -0.155. The maximum Gasteiger partial charge on any atom is 0.307 e. The average Bonchev–Trinajstić information content (AvgIpc) is 2.89. The molecule has 0 saturated carbocycles. The predicted octanol–water partition coefficient (Wildman–Crippen LogP) is 3.36. The van der Waals surface area contributed by atoms with E-state index in [4.69, 9.17) is 0 Å². The minimum absolute atomic E-state index is 0.0767. The Morgan fingerprint density at radius 3 is 2.68 bits per heavy atom. The number of nitrogens with zero attached hydrogens (tertiary/aromatic N) is 1. The van der Waals surface area contributed by atoms with Crippen LogP contribution in [0, 0.1) is 11.3 Å². The lowest BCUT2D eigenvalue weighted by Gasteiger charge is -2.46. The van der Waals surface area contributed by atoms with Gasteiger partial charge >= 0.3 is 5.97 Å². The van der Waals surface area contributed by atoms with Gasteiger partial charge < -0.3 is 10.0 Å². The minimum Gasteiger partial charge on any atom is -0.481 e. The van der Waals surface area contributed by atoms with E-state index in [1.807, 2.05) is 55.2 Å². The monoisotopic (exact) mass is 299 g/mol. The molecule has 0 radical (unpaired) electrons. The number of carbonyl (C=O) groups is 2. The van der Waals surface area contributed by atoms with Crippen molar-refractivity contribution >= 4 is 11.9 Å². The number of fused-ring (bicyclic) bond motifs is 1. The van der Waals surface area contributed by atoms with E-state index in [1.165, 1.54) is 0 Å². The molecule has 1 N–H and O–H groups in total. The second kappa shape index (κ2) is 5.27. The zero-order chi connectivity index (χ0) is 15.9. The number of amides is 1. The van der Waals surface area contributed by atoms with Crippen molar-refractivity contribution in [3.05, 3.63) is 47.7 Å². The highest BCUT2D eigenvalue weighted by atomic mass is 16.4. The molecule has 1 aliphatic heterocycles. The van der Waals surface area contributed by atoms with Crippen LogP contribution in [0.3, 0.4) is 0 Å². The summed E-state index contributed by atoms with van der Waals surface area (Å²) < 4.78 is 0. The maximum absolute atomic E-state index is 12.6. The van der Waals surface area contributed by atoms with Gasteiger partial charge in [-0.25, -0.2) is 0 Å². The first-order valence-corrected chi connectivity index (χ1v) is 7.75. The number of likely N-dealkylation sites (tertiary alicyclic amines) is 1. The first-order valence-electron chi connectivity index (χ1n) is 7.75. The fraction of sp³-hybridized carbons (Fsp3) is 0.444. The van der Waals surface area contributed by atoms with Crippen molar-refractivity contribution in [1.82, 2.24) is 4.90 Å². The average molecular weight is 299 g/mol. The van der Waals surface area contributed by atoms with Gasteiger partial charge in [-0.3, -0.25) is 9.59 Å². The van der Waals surface area contributed by atoms with Gasteiger partial charge in [0.2, 0.25) is 5.91 Å². The number of carbonyl (C=O) groups excluding carboxylic acids is 1. The maximum atomic E-state index is 12.6. The van der Waals surface area contributed by atoms with E-state index in [-0.39, 0.29) is 18.4 Å². The summed E-state index contributed by atoms with van der Waals surface area (Å²) in [6.07, 6.45) is 3.76. The van der Waals surface area contributed by atoms with E-state index in [0.717, 1.165) is 24.1 Å². The molecule has 3 rings (SSSR count). The molecule has 0 spiro atoms. The molecule has 0 aromatic heterocycles. The van der Waals surface area contributed by atoms with Crippen LogP contribution in [-0.4, -0.2) is 21.9 Å². The summed E-state index contributed by atoms with van der Waals surface area (Å²) in [5.74, 6) is -1.57. The Balaban J connectivity index is 1.99. The number of carboxylic acid groups (broad SMARTS) is 1. The number of hydrogen-bond donors (Lipinski definition) is 1. The van der Waals surface area contributed by atoms with Crippen LogP contribution >= 0.6 is 0 Å². The molecule has 1 heterocycles. The highest BCUT2D eigenvalue weighted by Crippen LogP contribution is 2.53. The van der Waals surface area contributed by atoms with Crippen LogP contribution in [0.2, 0.25) is 0 Å². The smallest absolute Gasteiger partial charge is 0.307 e. The molecule has 3 atom stereocenters. The van der Waals surface area contributed by atoms with Crippen molar-refractivity contribution in [3.63, 3.8) is 0 Å². The van der Waals surface area contributed by atoms with Crippen LogP contribution in [0.4, 0.5) is 0 Å². The van der Waals surface area contributed by atoms with E-state index < -0.39 is 17.3 Å². The second-order valence-corrected chi connectivity index (χ2v) is 6.49. The SMILES string of the molecule is C[C@@H](c1ccccc1)N1C(=O)C[C@@H](C(=O)O)[C@@]2(C)CCC=C12. The Bertz CT molecular complexity index is 637. The van der Waals surface area contributed by atoms with E-state index >= 15 is 0 Å². The predicted molar refractivity (Wildman–Crippen MR) is 82.9 cm³/mol. The van der Waals surface area contributed by atoms with Crippen molar-refractivity contribution in [3.8, 4) is 0 Å².